The van der Waals surface area contributed by atoms with E-state index < -0.39 is 0 Å². The minimum Gasteiger partial charge on any atom is -0.455 e. The summed E-state index contributed by atoms with van der Waals surface area (Å²) in [6, 6.07) is 7.16. The van der Waals surface area contributed by atoms with E-state index in [9.17, 15) is 4.79 Å². The lowest BCUT2D eigenvalue weighted by Crippen LogP contribution is -2.12. The van der Waals surface area contributed by atoms with Crippen molar-refractivity contribution in [2.75, 3.05) is 12.0 Å². The first kappa shape index (κ1) is 14.4. The van der Waals surface area contributed by atoms with Crippen molar-refractivity contribution in [3.8, 4) is 11.5 Å². The predicted octanol–water partition coefficient (Wildman–Crippen LogP) is 2.72. The second kappa shape index (κ2) is 5.69. The van der Waals surface area contributed by atoms with Gasteiger partial charge in [0.1, 0.15) is 17.0 Å². The third kappa shape index (κ3) is 2.62. The standard InChI is InChI=1S/C15H14N4O2S/c1-8-15(20)19-14-13(18-8)11(5-6-17-14)21-9-3-4-10(16)12(7-9)22-2/h3-7H,16H2,1-2H3,(H,17,19,20). The molecule has 7 heteroatoms. The Morgan fingerprint density at radius 2 is 2.14 bits per heavy atom. The molecule has 3 rings (SSSR count). The van der Waals surface area contributed by atoms with Crippen LogP contribution in [0.1, 0.15) is 5.69 Å². The molecule has 0 aliphatic heterocycles. The van der Waals surface area contributed by atoms with E-state index in [0.29, 0.717) is 34.0 Å². The number of aromatic amines is 1. The molecule has 3 aromatic rings. The zero-order valence-corrected chi connectivity index (χ0v) is 12.9. The van der Waals surface area contributed by atoms with Crippen LogP contribution < -0.4 is 16.0 Å². The van der Waals surface area contributed by atoms with Crippen LogP contribution in [-0.4, -0.2) is 21.2 Å². The molecule has 6 nitrogen and oxygen atoms in total. The van der Waals surface area contributed by atoms with E-state index >= 15 is 0 Å². The van der Waals surface area contributed by atoms with Gasteiger partial charge in [-0.2, -0.15) is 0 Å². The Balaban J connectivity index is 2.07. The molecule has 112 valence electrons. The molecule has 0 fully saturated rings. The van der Waals surface area contributed by atoms with Crippen LogP contribution in [0.3, 0.4) is 0 Å². The topological polar surface area (TPSA) is 93.9 Å². The predicted molar refractivity (Wildman–Crippen MR) is 87.6 cm³/mol. The first-order valence-corrected chi connectivity index (χ1v) is 7.78. The minimum absolute atomic E-state index is 0.255. The number of fused-ring (bicyclic) bond motifs is 1. The lowest BCUT2D eigenvalue weighted by atomic mass is 10.3. The van der Waals surface area contributed by atoms with Crippen molar-refractivity contribution in [3.63, 3.8) is 0 Å². The van der Waals surface area contributed by atoms with Crippen LogP contribution in [0.15, 0.2) is 40.2 Å². The van der Waals surface area contributed by atoms with Crippen LogP contribution >= 0.6 is 11.8 Å². The highest BCUT2D eigenvalue weighted by molar-refractivity contribution is 7.98. The minimum atomic E-state index is -0.255. The molecule has 0 aliphatic rings. The number of ether oxygens (including phenoxy) is 1. The van der Waals surface area contributed by atoms with Crippen molar-refractivity contribution >= 4 is 28.6 Å². The number of benzene rings is 1. The number of thioether (sulfide) groups is 1. The maximum Gasteiger partial charge on any atom is 0.270 e. The number of rotatable bonds is 3. The van der Waals surface area contributed by atoms with Crippen LogP contribution in [0, 0.1) is 6.92 Å². The van der Waals surface area contributed by atoms with E-state index in [4.69, 9.17) is 10.5 Å². The number of anilines is 1. The zero-order valence-electron chi connectivity index (χ0n) is 12.1. The van der Waals surface area contributed by atoms with Crippen molar-refractivity contribution in [2.24, 2.45) is 0 Å². The van der Waals surface area contributed by atoms with Gasteiger partial charge in [-0.25, -0.2) is 9.97 Å². The van der Waals surface area contributed by atoms with Crippen molar-refractivity contribution in [3.05, 3.63) is 46.5 Å². The third-order valence-electron chi connectivity index (χ3n) is 3.16. The highest BCUT2D eigenvalue weighted by Gasteiger charge is 2.10. The lowest BCUT2D eigenvalue weighted by Gasteiger charge is -2.10. The highest BCUT2D eigenvalue weighted by Crippen LogP contribution is 2.31. The van der Waals surface area contributed by atoms with Gasteiger partial charge in [-0.05, 0) is 31.4 Å². The summed E-state index contributed by atoms with van der Waals surface area (Å²) in [5, 5.41) is 0. The fraction of sp³-hybridized carbons (Fsp3) is 0.133. The van der Waals surface area contributed by atoms with E-state index in [2.05, 4.69) is 15.0 Å². The summed E-state index contributed by atoms with van der Waals surface area (Å²) in [6.07, 6.45) is 3.52. The smallest absolute Gasteiger partial charge is 0.270 e. The molecule has 1 aromatic carbocycles. The molecule has 0 bridgehead atoms. The lowest BCUT2D eigenvalue weighted by molar-refractivity contribution is 0.485. The van der Waals surface area contributed by atoms with Crippen molar-refractivity contribution < 1.29 is 4.74 Å². The molecule has 2 heterocycles. The number of nitrogen functional groups attached to an aromatic ring is 1. The fourth-order valence-corrected chi connectivity index (χ4v) is 2.55. The van der Waals surface area contributed by atoms with Crippen LogP contribution in [-0.2, 0) is 0 Å². The fourth-order valence-electron chi connectivity index (χ4n) is 2.02. The number of pyridine rings is 1. The number of hydrogen-bond donors (Lipinski definition) is 2. The van der Waals surface area contributed by atoms with Gasteiger partial charge in [0.15, 0.2) is 11.4 Å². The number of H-pyrrole nitrogens is 1. The molecule has 0 atom stereocenters. The van der Waals surface area contributed by atoms with Gasteiger partial charge in [0.25, 0.3) is 5.56 Å². The van der Waals surface area contributed by atoms with Gasteiger partial charge >= 0.3 is 0 Å². The van der Waals surface area contributed by atoms with Crippen molar-refractivity contribution in [1.82, 2.24) is 15.0 Å². The summed E-state index contributed by atoms with van der Waals surface area (Å²) in [5.41, 5.74) is 7.61. The highest BCUT2D eigenvalue weighted by atomic mass is 32.2. The Hall–Kier alpha value is -2.54. The molecular formula is C15H14N4O2S. The van der Waals surface area contributed by atoms with Gasteiger partial charge < -0.3 is 15.5 Å². The summed E-state index contributed by atoms with van der Waals surface area (Å²) >= 11 is 1.55. The monoisotopic (exact) mass is 314 g/mol. The maximum atomic E-state index is 11.6. The number of nitrogens with two attached hydrogens (primary N) is 1. The summed E-state index contributed by atoms with van der Waals surface area (Å²) in [7, 11) is 0. The Kier molecular flexibility index (Phi) is 3.72. The number of nitrogens with one attached hydrogen (secondary N) is 1. The average molecular weight is 314 g/mol. The first-order valence-electron chi connectivity index (χ1n) is 6.55. The van der Waals surface area contributed by atoms with Gasteiger partial charge in [0.05, 0.1) is 0 Å². The van der Waals surface area contributed by atoms with Gasteiger partial charge in [-0.15, -0.1) is 11.8 Å². The molecule has 0 spiro atoms. The number of hydrogen-bond acceptors (Lipinski definition) is 6. The molecule has 2 aromatic heterocycles. The van der Waals surface area contributed by atoms with Crippen LogP contribution in [0.25, 0.3) is 11.2 Å². The summed E-state index contributed by atoms with van der Waals surface area (Å²) in [6.45, 7) is 1.64. The van der Waals surface area contributed by atoms with Crippen LogP contribution in [0.5, 0.6) is 11.5 Å². The first-order chi connectivity index (χ1) is 10.6. The number of aromatic nitrogens is 3. The van der Waals surface area contributed by atoms with E-state index in [1.807, 2.05) is 12.3 Å². The Bertz CT molecular complexity index is 908. The largest absolute Gasteiger partial charge is 0.455 e. The summed E-state index contributed by atoms with van der Waals surface area (Å²) in [5.74, 6) is 1.18. The molecular weight excluding hydrogens is 300 g/mol. The number of aryl methyl sites for hydroxylation is 1. The molecule has 0 radical (unpaired) electrons. The van der Waals surface area contributed by atoms with E-state index in [0.717, 1.165) is 4.90 Å². The van der Waals surface area contributed by atoms with Gasteiger partial charge in [0.2, 0.25) is 0 Å². The average Bonchev–Trinajstić information content (AvgIpc) is 2.51. The normalized spacial score (nSPS) is 10.8. The van der Waals surface area contributed by atoms with Crippen molar-refractivity contribution in [2.45, 2.75) is 11.8 Å². The molecule has 3 N–H and O–H groups in total. The quantitative estimate of drug-likeness (QED) is 0.570. The second-order valence-corrected chi connectivity index (χ2v) is 5.51. The Morgan fingerprint density at radius 1 is 1.32 bits per heavy atom. The zero-order chi connectivity index (χ0) is 15.7. The second-order valence-electron chi connectivity index (χ2n) is 4.66. The SMILES string of the molecule is CSc1cc(Oc2ccnc3[nH]c(=O)c(C)nc23)ccc1N. The molecule has 0 saturated carbocycles. The summed E-state index contributed by atoms with van der Waals surface area (Å²) < 4.78 is 5.89. The van der Waals surface area contributed by atoms with E-state index in [1.54, 1.807) is 43.1 Å². The van der Waals surface area contributed by atoms with Crippen molar-refractivity contribution in [1.29, 1.82) is 0 Å². The van der Waals surface area contributed by atoms with Gasteiger partial charge in [-0.1, -0.05) is 0 Å². The third-order valence-corrected chi connectivity index (χ3v) is 3.95. The van der Waals surface area contributed by atoms with Gasteiger partial charge in [0, 0.05) is 22.8 Å². The molecule has 22 heavy (non-hydrogen) atoms. The molecule has 0 amide bonds. The maximum absolute atomic E-state index is 11.6. The molecule has 0 saturated heterocycles. The van der Waals surface area contributed by atoms with Crippen LogP contribution in [0.2, 0.25) is 0 Å². The summed E-state index contributed by atoms with van der Waals surface area (Å²) in [4.78, 5) is 23.6. The van der Waals surface area contributed by atoms with E-state index in [-0.39, 0.29) is 5.56 Å². The number of nitrogens with zero attached hydrogens (tertiary/aromatic N) is 2. The van der Waals surface area contributed by atoms with E-state index in [1.165, 1.54) is 0 Å². The Labute approximate surface area is 130 Å². The van der Waals surface area contributed by atoms with Crippen LogP contribution in [0.4, 0.5) is 5.69 Å². The Morgan fingerprint density at radius 3 is 2.91 bits per heavy atom. The molecule has 0 unspecified atom stereocenters. The molecule has 0 aliphatic carbocycles. The van der Waals surface area contributed by atoms with Gasteiger partial charge in [-0.3, -0.25) is 4.79 Å².